The number of rotatable bonds is 4. The Morgan fingerprint density at radius 1 is 1.25 bits per heavy atom. The van der Waals surface area contributed by atoms with E-state index in [9.17, 15) is 4.79 Å². The van der Waals surface area contributed by atoms with Crippen LogP contribution in [0.1, 0.15) is 17.5 Å². The number of nitrogens with one attached hydrogen (secondary N) is 1. The van der Waals surface area contributed by atoms with Gasteiger partial charge in [0.05, 0.1) is 10.7 Å². The molecule has 0 fully saturated rings. The highest BCUT2D eigenvalue weighted by atomic mass is 35.5. The van der Waals surface area contributed by atoms with Crippen LogP contribution in [0.4, 0.5) is 11.4 Å². The van der Waals surface area contributed by atoms with Crippen molar-refractivity contribution in [3.05, 3.63) is 58.6 Å². The highest BCUT2D eigenvalue weighted by molar-refractivity contribution is 6.34. The minimum absolute atomic E-state index is 0.0572. The molecule has 2 aromatic carbocycles. The zero-order chi connectivity index (χ0) is 14.5. The summed E-state index contributed by atoms with van der Waals surface area (Å²) in [4.78, 5) is 11.9. The first-order valence-electron chi connectivity index (χ1n) is 6.45. The summed E-state index contributed by atoms with van der Waals surface area (Å²) in [7, 11) is 0. The Hall–Kier alpha value is -2.00. The number of carbonyl (C=O) groups excluding carboxylic acids is 1. The van der Waals surface area contributed by atoms with Gasteiger partial charge in [0.1, 0.15) is 0 Å². The third-order valence-corrected chi connectivity index (χ3v) is 3.30. The first kappa shape index (κ1) is 14.4. The molecular weight excluding hydrogens is 272 g/mol. The maximum absolute atomic E-state index is 11.9. The van der Waals surface area contributed by atoms with Gasteiger partial charge in [0.15, 0.2) is 0 Å². The molecule has 0 heterocycles. The highest BCUT2D eigenvalue weighted by Gasteiger charge is 2.06. The Bertz CT molecular complexity index is 626. The van der Waals surface area contributed by atoms with Crippen molar-refractivity contribution < 1.29 is 4.79 Å². The first-order valence-corrected chi connectivity index (χ1v) is 6.83. The lowest BCUT2D eigenvalue weighted by molar-refractivity contribution is -0.116. The maximum atomic E-state index is 11.9. The summed E-state index contributed by atoms with van der Waals surface area (Å²) in [5.74, 6) is -0.0572. The van der Waals surface area contributed by atoms with E-state index < -0.39 is 0 Å². The quantitative estimate of drug-likeness (QED) is 0.841. The Morgan fingerprint density at radius 3 is 2.75 bits per heavy atom. The lowest BCUT2D eigenvalue weighted by Crippen LogP contribution is -2.12. The van der Waals surface area contributed by atoms with Gasteiger partial charge >= 0.3 is 0 Å². The molecule has 2 rings (SSSR count). The van der Waals surface area contributed by atoms with Crippen LogP contribution in [0.15, 0.2) is 42.5 Å². The van der Waals surface area contributed by atoms with Crippen molar-refractivity contribution in [1.29, 1.82) is 0 Å². The standard InChI is InChI=1S/C16H17ClN2O/c1-11-3-2-4-12(9-11)5-8-16(20)19-15-7-6-13(18)10-14(15)17/h2-4,6-7,9-10H,5,8,18H2,1H3,(H,19,20). The van der Waals surface area contributed by atoms with E-state index in [1.54, 1.807) is 18.2 Å². The number of carbonyl (C=O) groups is 1. The molecule has 3 N–H and O–H groups in total. The molecule has 1 amide bonds. The van der Waals surface area contributed by atoms with E-state index in [0.717, 1.165) is 5.56 Å². The van der Waals surface area contributed by atoms with Gasteiger partial charge in [-0.3, -0.25) is 4.79 Å². The maximum Gasteiger partial charge on any atom is 0.224 e. The number of halogens is 1. The number of nitrogen functional groups attached to an aromatic ring is 1. The van der Waals surface area contributed by atoms with Crippen LogP contribution in [0.2, 0.25) is 5.02 Å². The number of nitrogens with two attached hydrogens (primary N) is 1. The molecule has 20 heavy (non-hydrogen) atoms. The Labute approximate surface area is 123 Å². The molecule has 104 valence electrons. The van der Waals surface area contributed by atoms with Crippen molar-refractivity contribution in [3.8, 4) is 0 Å². The third kappa shape index (κ3) is 4.00. The molecule has 0 bridgehead atoms. The SMILES string of the molecule is Cc1cccc(CCC(=O)Nc2ccc(N)cc2Cl)c1. The van der Waals surface area contributed by atoms with Gasteiger partial charge in [-0.2, -0.15) is 0 Å². The van der Waals surface area contributed by atoms with E-state index in [1.165, 1.54) is 5.56 Å². The van der Waals surface area contributed by atoms with E-state index in [0.29, 0.717) is 29.2 Å². The van der Waals surface area contributed by atoms with Crippen LogP contribution in [-0.4, -0.2) is 5.91 Å². The zero-order valence-electron chi connectivity index (χ0n) is 11.3. The number of amides is 1. The zero-order valence-corrected chi connectivity index (χ0v) is 12.1. The van der Waals surface area contributed by atoms with Crippen LogP contribution in [0.5, 0.6) is 0 Å². The number of hydrogen-bond acceptors (Lipinski definition) is 2. The van der Waals surface area contributed by atoms with E-state index in [1.807, 2.05) is 25.1 Å². The third-order valence-electron chi connectivity index (χ3n) is 2.99. The van der Waals surface area contributed by atoms with Crippen LogP contribution in [0.25, 0.3) is 0 Å². The largest absolute Gasteiger partial charge is 0.399 e. The van der Waals surface area contributed by atoms with Crippen LogP contribution < -0.4 is 11.1 Å². The lowest BCUT2D eigenvalue weighted by atomic mass is 10.1. The minimum atomic E-state index is -0.0572. The highest BCUT2D eigenvalue weighted by Crippen LogP contribution is 2.24. The number of hydrogen-bond donors (Lipinski definition) is 2. The van der Waals surface area contributed by atoms with Crippen LogP contribution >= 0.6 is 11.6 Å². The van der Waals surface area contributed by atoms with Gasteiger partial charge in [0.2, 0.25) is 5.91 Å². The summed E-state index contributed by atoms with van der Waals surface area (Å²) in [5, 5.41) is 3.25. The van der Waals surface area contributed by atoms with Crippen LogP contribution in [0, 0.1) is 6.92 Å². The summed E-state index contributed by atoms with van der Waals surface area (Å²) in [6.45, 7) is 2.04. The second kappa shape index (κ2) is 6.44. The van der Waals surface area contributed by atoms with Gasteiger partial charge in [0.25, 0.3) is 0 Å². The van der Waals surface area contributed by atoms with Gasteiger partial charge in [-0.25, -0.2) is 0 Å². The second-order valence-electron chi connectivity index (χ2n) is 4.78. The molecule has 3 nitrogen and oxygen atoms in total. The molecule has 0 unspecified atom stereocenters. The Balaban J connectivity index is 1.92. The minimum Gasteiger partial charge on any atom is -0.399 e. The molecule has 4 heteroatoms. The smallest absolute Gasteiger partial charge is 0.224 e. The summed E-state index contributed by atoms with van der Waals surface area (Å²) >= 11 is 6.02. The topological polar surface area (TPSA) is 55.1 Å². The van der Waals surface area contributed by atoms with Gasteiger partial charge < -0.3 is 11.1 Å². The van der Waals surface area contributed by atoms with Gasteiger partial charge in [-0.05, 0) is 37.1 Å². The van der Waals surface area contributed by atoms with Crippen LogP contribution in [0.3, 0.4) is 0 Å². The molecule has 0 aliphatic rings. The van der Waals surface area contributed by atoms with Crippen molar-refractivity contribution >= 4 is 28.9 Å². The molecule has 0 saturated heterocycles. The summed E-state index contributed by atoms with van der Waals surface area (Å²) in [5.41, 5.74) is 9.13. The fourth-order valence-electron chi connectivity index (χ4n) is 1.97. The molecule has 2 aromatic rings. The molecule has 0 spiro atoms. The second-order valence-corrected chi connectivity index (χ2v) is 5.18. The Morgan fingerprint density at radius 2 is 2.05 bits per heavy atom. The molecule has 0 saturated carbocycles. The summed E-state index contributed by atoms with van der Waals surface area (Å²) in [6, 6.07) is 13.2. The monoisotopic (exact) mass is 288 g/mol. The normalized spacial score (nSPS) is 10.3. The molecule has 0 aliphatic heterocycles. The van der Waals surface area contributed by atoms with E-state index in [2.05, 4.69) is 11.4 Å². The van der Waals surface area contributed by atoms with Crippen LogP contribution in [-0.2, 0) is 11.2 Å². The average molecular weight is 289 g/mol. The summed E-state index contributed by atoms with van der Waals surface area (Å²) in [6.07, 6.45) is 1.13. The lowest BCUT2D eigenvalue weighted by Gasteiger charge is -2.08. The molecule has 0 aliphatic carbocycles. The predicted molar refractivity (Wildman–Crippen MR) is 84.0 cm³/mol. The molecule has 0 atom stereocenters. The van der Waals surface area contributed by atoms with Crippen molar-refractivity contribution in [2.24, 2.45) is 0 Å². The molecule has 0 radical (unpaired) electrons. The van der Waals surface area contributed by atoms with Crippen molar-refractivity contribution in [3.63, 3.8) is 0 Å². The number of anilines is 2. The molecule has 0 aromatic heterocycles. The van der Waals surface area contributed by atoms with E-state index in [4.69, 9.17) is 17.3 Å². The molecular formula is C16H17ClN2O. The van der Waals surface area contributed by atoms with Crippen molar-refractivity contribution in [2.75, 3.05) is 11.1 Å². The van der Waals surface area contributed by atoms with Gasteiger partial charge in [-0.1, -0.05) is 41.4 Å². The van der Waals surface area contributed by atoms with Crippen molar-refractivity contribution in [1.82, 2.24) is 0 Å². The fraction of sp³-hybridized carbons (Fsp3) is 0.188. The number of aryl methyl sites for hydroxylation is 2. The summed E-state index contributed by atoms with van der Waals surface area (Å²) < 4.78 is 0. The van der Waals surface area contributed by atoms with Gasteiger partial charge in [-0.15, -0.1) is 0 Å². The number of benzene rings is 2. The average Bonchev–Trinajstić information content (AvgIpc) is 2.40. The Kier molecular flexibility index (Phi) is 4.64. The van der Waals surface area contributed by atoms with E-state index in [-0.39, 0.29) is 5.91 Å². The first-order chi connectivity index (χ1) is 9.54. The predicted octanol–water partition coefficient (Wildman–Crippen LogP) is 3.80. The fourth-order valence-corrected chi connectivity index (χ4v) is 2.21. The van der Waals surface area contributed by atoms with E-state index >= 15 is 0 Å². The van der Waals surface area contributed by atoms with Gasteiger partial charge in [0, 0.05) is 12.1 Å². The van der Waals surface area contributed by atoms with Crippen molar-refractivity contribution in [2.45, 2.75) is 19.8 Å².